The van der Waals surface area contributed by atoms with Crippen molar-refractivity contribution in [2.75, 3.05) is 49.1 Å². The van der Waals surface area contributed by atoms with Crippen molar-refractivity contribution in [2.24, 2.45) is 0 Å². The maximum Gasteiger partial charge on any atom is 0.417 e. The molecule has 2 aromatic rings. The van der Waals surface area contributed by atoms with Gasteiger partial charge in [-0.3, -0.25) is 33.6 Å². The van der Waals surface area contributed by atoms with Crippen molar-refractivity contribution in [2.45, 2.75) is 214 Å². The molecule has 1 saturated carbocycles. The Morgan fingerprint density at radius 3 is 1.42 bits per heavy atom. The van der Waals surface area contributed by atoms with Crippen LogP contribution in [0, 0.1) is 0 Å². The fourth-order valence-corrected chi connectivity index (χ4v) is 10.8. The van der Waals surface area contributed by atoms with E-state index >= 15 is 0 Å². The maximum absolute atomic E-state index is 14.6. The first-order valence-corrected chi connectivity index (χ1v) is 28.8. The zero-order valence-electron chi connectivity index (χ0n) is 51.2. The fourth-order valence-electron chi connectivity index (χ4n) is 10.8. The number of anilines is 2. The molecule has 3 N–H and O–H groups in total. The molecule has 2 atom stereocenters. The maximum atomic E-state index is 14.6. The first-order valence-electron chi connectivity index (χ1n) is 28.8. The smallest absolute Gasteiger partial charge is 0.417 e. The summed E-state index contributed by atoms with van der Waals surface area (Å²) in [7, 11) is 0. The van der Waals surface area contributed by atoms with Crippen LogP contribution in [-0.4, -0.2) is 148 Å². The Hall–Kier alpha value is -6.53. The van der Waals surface area contributed by atoms with Gasteiger partial charge in [0, 0.05) is 76.3 Å². The van der Waals surface area contributed by atoms with Crippen LogP contribution < -0.4 is 35.2 Å². The van der Waals surface area contributed by atoms with Crippen LogP contribution in [0.1, 0.15) is 187 Å². The molecule has 1 aliphatic carbocycles. The third-order valence-corrected chi connectivity index (χ3v) is 14.8. The van der Waals surface area contributed by atoms with Crippen molar-refractivity contribution < 1.29 is 78.9 Å². The van der Waals surface area contributed by atoms with Crippen molar-refractivity contribution in [1.82, 2.24) is 30.7 Å². The lowest BCUT2D eigenvalue weighted by Crippen LogP contribution is -2.57. The van der Waals surface area contributed by atoms with Crippen LogP contribution in [0.15, 0.2) is 24.3 Å². The summed E-state index contributed by atoms with van der Waals surface area (Å²) in [5.41, 5.74) is -7.10. The highest BCUT2D eigenvalue weighted by Gasteiger charge is 2.48. The van der Waals surface area contributed by atoms with E-state index in [2.05, 4.69) is 16.0 Å². The Balaban J connectivity index is 0.000000374. The van der Waals surface area contributed by atoms with Crippen molar-refractivity contribution in [1.29, 1.82) is 0 Å². The third-order valence-electron chi connectivity index (χ3n) is 14.8. The minimum Gasteiger partial charge on any atom is -0.476 e. The first-order chi connectivity index (χ1) is 38.8. The van der Waals surface area contributed by atoms with Crippen molar-refractivity contribution >= 4 is 71.2 Å². The van der Waals surface area contributed by atoms with Crippen LogP contribution in [0.3, 0.4) is 0 Å². The van der Waals surface area contributed by atoms with Gasteiger partial charge in [-0.1, -0.05) is 33.1 Å². The number of amides is 8. The van der Waals surface area contributed by atoms with E-state index in [0.29, 0.717) is 19.4 Å². The summed E-state index contributed by atoms with van der Waals surface area (Å²) >= 11 is 0. The Morgan fingerprint density at radius 1 is 0.647 bits per heavy atom. The van der Waals surface area contributed by atoms with E-state index in [1.54, 1.807) is 67.2 Å². The van der Waals surface area contributed by atoms with Crippen molar-refractivity contribution in [3.63, 3.8) is 0 Å². The number of hydrogen-bond donors (Lipinski definition) is 3. The number of ether oxygens (including phenoxy) is 3. The molecule has 6 rings (SSSR count). The summed E-state index contributed by atoms with van der Waals surface area (Å²) in [6.45, 7) is 23.2. The Labute approximate surface area is 500 Å². The van der Waals surface area contributed by atoms with Gasteiger partial charge in [0.1, 0.15) is 23.1 Å². The predicted octanol–water partition coefficient (Wildman–Crippen LogP) is 9.83. The molecule has 4 aliphatic rings. The molecule has 8 amide bonds. The molecule has 476 valence electrons. The lowest BCUT2D eigenvalue weighted by molar-refractivity contribution is -0.139. The van der Waals surface area contributed by atoms with Crippen LogP contribution >= 0.6 is 12.4 Å². The number of alkyl halides is 6. The summed E-state index contributed by atoms with van der Waals surface area (Å²) < 4.78 is 103. The van der Waals surface area contributed by atoms with E-state index in [9.17, 15) is 64.7 Å². The van der Waals surface area contributed by atoms with Gasteiger partial charge in [0.2, 0.25) is 17.7 Å². The largest absolute Gasteiger partial charge is 0.476 e. The molecule has 0 aromatic heterocycles. The third kappa shape index (κ3) is 17.6. The van der Waals surface area contributed by atoms with Crippen molar-refractivity contribution in [3.05, 3.63) is 46.5 Å². The number of likely N-dealkylation sites (tertiary alicyclic amines) is 1. The molecule has 26 heteroatoms. The number of carbonyl (C=O) groups is 8. The topological polar surface area (TPSA) is 217 Å². The summed E-state index contributed by atoms with van der Waals surface area (Å²) in [4.78, 5) is 111. The number of nitrogens with zero attached hydrogens (tertiary/aromatic N) is 5. The number of nitrogens with one attached hydrogen (secondary N) is 3. The van der Waals surface area contributed by atoms with E-state index in [1.807, 2.05) is 0 Å². The molecule has 0 bridgehead atoms. The van der Waals surface area contributed by atoms with E-state index in [-0.39, 0.29) is 105 Å². The van der Waals surface area contributed by atoms with Gasteiger partial charge < -0.3 is 54.7 Å². The average molecular weight is 1230 g/mol. The van der Waals surface area contributed by atoms with Gasteiger partial charge in [0.05, 0.1) is 33.6 Å². The van der Waals surface area contributed by atoms with Gasteiger partial charge >= 0.3 is 18.4 Å². The molecule has 2 fully saturated rings. The molecule has 0 unspecified atom stereocenters. The minimum atomic E-state index is -4.95. The summed E-state index contributed by atoms with van der Waals surface area (Å²) in [6.07, 6.45) is -4.77. The second-order valence-electron chi connectivity index (χ2n) is 24.1. The van der Waals surface area contributed by atoms with E-state index in [4.69, 9.17) is 14.2 Å². The molecule has 0 spiro atoms. The van der Waals surface area contributed by atoms with Crippen LogP contribution in [0.25, 0.3) is 0 Å². The predicted molar refractivity (Wildman–Crippen MR) is 309 cm³/mol. The molecule has 1 saturated heterocycles. The normalized spacial score (nSPS) is 18.0. The number of rotatable bonds is 16. The van der Waals surface area contributed by atoms with E-state index < -0.39 is 105 Å². The highest BCUT2D eigenvalue weighted by atomic mass is 35.5. The van der Waals surface area contributed by atoms with Crippen molar-refractivity contribution in [3.8, 4) is 11.5 Å². The SMILES string of the molecule is CCC(=O)NCCN1C(=O)C(C)(C)Oc2cc(C(F)(F)F)c(C(=O)N(C(C)C)C3CCCCC3)cc21.CCC(=O)NCCN1C(=O)C(C)(C)Oc2cc(C(F)(F)F)c(C(=O)N(C(C)C)[C@@H]3CCCN(C(=O)[C@H](C)NC(=O)OC(C)(C)C)C3)cc21.Cl. The Kier molecular flexibility index (Phi) is 23.6. The molecule has 19 nitrogen and oxygen atoms in total. The minimum absolute atomic E-state index is 0. The monoisotopic (exact) mass is 1230 g/mol. The van der Waals surface area contributed by atoms with Crippen LogP contribution in [0.5, 0.6) is 11.5 Å². The number of halogens is 7. The van der Waals surface area contributed by atoms with E-state index in [1.165, 1.54) is 54.2 Å². The molecule has 2 aromatic carbocycles. The summed E-state index contributed by atoms with van der Waals surface area (Å²) in [6, 6.07) is 1.14. The van der Waals surface area contributed by atoms with Gasteiger partial charge in [-0.05, 0) is 133 Å². The van der Waals surface area contributed by atoms with Crippen LogP contribution in [0.2, 0.25) is 0 Å². The van der Waals surface area contributed by atoms with Gasteiger partial charge in [-0.2, -0.15) is 26.3 Å². The second-order valence-corrected chi connectivity index (χ2v) is 24.1. The number of hydrogen-bond acceptors (Lipinski definition) is 11. The fraction of sp³-hybridized carbons (Fsp3) is 0.661. The summed E-state index contributed by atoms with van der Waals surface area (Å²) in [5.74, 6) is -3.88. The second kappa shape index (κ2) is 28.3. The number of alkyl carbamates (subject to hydrolysis) is 1. The average Bonchev–Trinajstić information content (AvgIpc) is 0.965. The van der Waals surface area contributed by atoms with Gasteiger partial charge in [0.15, 0.2) is 11.2 Å². The van der Waals surface area contributed by atoms with E-state index in [0.717, 1.165) is 56.4 Å². The van der Waals surface area contributed by atoms with Crippen LogP contribution in [-0.2, 0) is 41.1 Å². The number of benzene rings is 2. The number of carbonyl (C=O) groups excluding carboxylic acids is 8. The quantitative estimate of drug-likeness (QED) is 0.134. The van der Waals surface area contributed by atoms with Gasteiger partial charge in [0.25, 0.3) is 23.6 Å². The molecule has 85 heavy (non-hydrogen) atoms. The number of piperidine rings is 1. The lowest BCUT2D eigenvalue weighted by Gasteiger charge is -2.43. The molecule has 3 aliphatic heterocycles. The molecule has 0 radical (unpaired) electrons. The standard InChI is InChI=1S/C33H48F3N5O7.C26H36F3N3O4.ClH/c1-10-26(42)37-13-15-40-24-16-22(23(33(34,35)36)17-25(24)47-32(8,9)29(40)45)28(44)41(19(2)3)21-12-11-14-39(18-21)27(43)20(4)38-30(46)48-31(5,6)7;1-6-22(33)30-12-13-31-20-14-18(23(34)32(16(2)3)17-10-8-7-9-11-17)19(26(27,28)29)15-21(20)36-25(4,5)24(31)35;/h16-17,19-21H,10-15,18H2,1-9H3,(H,37,42)(H,38,46);14-17H,6-13H2,1-5H3,(H,30,33);1H/t20-,21+;;/m0../s1. The zero-order valence-corrected chi connectivity index (χ0v) is 52.0. The zero-order chi connectivity index (χ0) is 63.2. The lowest BCUT2D eigenvalue weighted by atomic mass is 9.92. The Bertz CT molecular complexity index is 2780. The highest BCUT2D eigenvalue weighted by Crippen LogP contribution is 2.47. The number of fused-ring (bicyclic) bond motifs is 2. The van der Waals surface area contributed by atoms with Gasteiger partial charge in [-0.15, -0.1) is 12.4 Å². The molecular weight excluding hydrogens is 1150 g/mol. The molecular formula is C59H85ClF6N8O11. The van der Waals surface area contributed by atoms with Crippen LogP contribution in [0.4, 0.5) is 42.5 Å². The van der Waals surface area contributed by atoms with Gasteiger partial charge in [-0.25, -0.2) is 4.79 Å². The summed E-state index contributed by atoms with van der Waals surface area (Å²) in [5, 5.41) is 7.85. The first kappa shape index (κ1) is 71.0. The highest BCUT2D eigenvalue weighted by molar-refractivity contribution is 6.06. The molecule has 3 heterocycles. The Morgan fingerprint density at radius 2 is 1.05 bits per heavy atom.